The summed E-state index contributed by atoms with van der Waals surface area (Å²) >= 11 is 6.16. The second-order valence-electron chi connectivity index (χ2n) is 5.20. The first-order valence-electron chi connectivity index (χ1n) is 7.30. The van der Waals surface area contributed by atoms with E-state index in [2.05, 4.69) is 27.3 Å². The normalized spacial score (nSPS) is 18.5. The van der Waals surface area contributed by atoms with Crippen LogP contribution in [-0.2, 0) is 6.54 Å². The Morgan fingerprint density at radius 1 is 1.43 bits per heavy atom. The molecule has 1 aliphatic rings. The molecule has 1 N–H and O–H groups in total. The van der Waals surface area contributed by atoms with Gasteiger partial charge in [-0.15, -0.1) is 0 Å². The molecule has 3 rings (SSSR count). The third kappa shape index (κ3) is 3.26. The van der Waals surface area contributed by atoms with Crippen molar-refractivity contribution in [2.45, 2.75) is 25.9 Å². The first-order chi connectivity index (χ1) is 10.3. The molecule has 21 heavy (non-hydrogen) atoms. The van der Waals surface area contributed by atoms with Crippen LogP contribution >= 0.6 is 11.6 Å². The monoisotopic (exact) mass is 306 g/mol. The lowest BCUT2D eigenvalue weighted by atomic mass is 10.2. The summed E-state index contributed by atoms with van der Waals surface area (Å²) in [6.45, 7) is 5.91. The van der Waals surface area contributed by atoms with Crippen molar-refractivity contribution in [1.29, 1.82) is 0 Å². The molecule has 1 aliphatic heterocycles. The molecule has 1 atom stereocenters. The summed E-state index contributed by atoms with van der Waals surface area (Å²) in [4.78, 5) is 6.84. The van der Waals surface area contributed by atoms with Crippen molar-refractivity contribution in [3.05, 3.63) is 35.2 Å². The van der Waals surface area contributed by atoms with Gasteiger partial charge >= 0.3 is 0 Å². The Kier molecular flexibility index (Phi) is 4.53. The SMILES string of the molecule is CCN(Cc1nc(-c2ccccc2Cl)no1)C1CCNC1. The third-order valence-electron chi connectivity index (χ3n) is 3.88. The van der Waals surface area contributed by atoms with Gasteiger partial charge in [0.15, 0.2) is 0 Å². The number of nitrogens with one attached hydrogen (secondary N) is 1. The molecule has 6 heteroatoms. The molecule has 112 valence electrons. The van der Waals surface area contributed by atoms with E-state index in [-0.39, 0.29) is 0 Å². The van der Waals surface area contributed by atoms with Gasteiger partial charge in [-0.2, -0.15) is 4.98 Å². The fourth-order valence-electron chi connectivity index (χ4n) is 2.69. The summed E-state index contributed by atoms with van der Waals surface area (Å²) in [6.07, 6.45) is 1.17. The molecule has 1 saturated heterocycles. The van der Waals surface area contributed by atoms with Gasteiger partial charge in [-0.1, -0.05) is 35.8 Å². The number of aromatic nitrogens is 2. The zero-order chi connectivity index (χ0) is 14.7. The van der Waals surface area contributed by atoms with E-state index in [4.69, 9.17) is 16.1 Å². The highest BCUT2D eigenvalue weighted by atomic mass is 35.5. The van der Waals surface area contributed by atoms with E-state index in [1.165, 1.54) is 6.42 Å². The summed E-state index contributed by atoms with van der Waals surface area (Å²) in [5, 5.41) is 8.07. The van der Waals surface area contributed by atoms with Gasteiger partial charge in [0, 0.05) is 18.2 Å². The molecule has 0 radical (unpaired) electrons. The van der Waals surface area contributed by atoms with E-state index >= 15 is 0 Å². The van der Waals surface area contributed by atoms with Crippen LogP contribution in [0.3, 0.4) is 0 Å². The lowest BCUT2D eigenvalue weighted by Crippen LogP contribution is -2.36. The van der Waals surface area contributed by atoms with Crippen molar-refractivity contribution >= 4 is 11.6 Å². The Morgan fingerprint density at radius 3 is 3.00 bits per heavy atom. The fourth-order valence-corrected chi connectivity index (χ4v) is 2.92. The fraction of sp³-hybridized carbons (Fsp3) is 0.467. The van der Waals surface area contributed by atoms with Gasteiger partial charge < -0.3 is 9.84 Å². The number of halogens is 1. The molecule has 0 aliphatic carbocycles. The van der Waals surface area contributed by atoms with E-state index < -0.39 is 0 Å². The quantitative estimate of drug-likeness (QED) is 0.920. The number of benzene rings is 1. The molecule has 2 aromatic rings. The number of hydrogen-bond donors (Lipinski definition) is 1. The maximum absolute atomic E-state index is 6.16. The predicted molar refractivity (Wildman–Crippen MR) is 82.1 cm³/mol. The number of nitrogens with zero attached hydrogens (tertiary/aromatic N) is 3. The molecular weight excluding hydrogens is 288 g/mol. The molecule has 1 unspecified atom stereocenters. The van der Waals surface area contributed by atoms with Gasteiger partial charge in [0.2, 0.25) is 11.7 Å². The van der Waals surface area contributed by atoms with Crippen molar-refractivity contribution in [2.75, 3.05) is 19.6 Å². The van der Waals surface area contributed by atoms with Crippen molar-refractivity contribution in [3.8, 4) is 11.4 Å². The Hall–Kier alpha value is -1.43. The second-order valence-corrected chi connectivity index (χ2v) is 5.61. The Morgan fingerprint density at radius 2 is 2.29 bits per heavy atom. The van der Waals surface area contributed by atoms with Gasteiger partial charge in [0.25, 0.3) is 0 Å². The Labute approximate surface area is 129 Å². The maximum atomic E-state index is 6.16. The molecule has 5 nitrogen and oxygen atoms in total. The van der Waals surface area contributed by atoms with E-state index in [0.717, 1.165) is 25.2 Å². The van der Waals surface area contributed by atoms with Gasteiger partial charge in [0.1, 0.15) is 0 Å². The number of rotatable bonds is 5. The summed E-state index contributed by atoms with van der Waals surface area (Å²) in [6, 6.07) is 8.08. The van der Waals surface area contributed by atoms with Crippen LogP contribution in [0.15, 0.2) is 28.8 Å². The molecule has 1 aromatic carbocycles. The van der Waals surface area contributed by atoms with Crippen molar-refractivity contribution in [1.82, 2.24) is 20.4 Å². The van der Waals surface area contributed by atoms with Crippen LogP contribution < -0.4 is 5.32 Å². The predicted octanol–water partition coefficient (Wildman–Crippen LogP) is 2.57. The van der Waals surface area contributed by atoms with Crippen LogP contribution in [0.4, 0.5) is 0 Å². The van der Waals surface area contributed by atoms with Crippen molar-refractivity contribution in [2.24, 2.45) is 0 Å². The van der Waals surface area contributed by atoms with E-state index in [0.29, 0.717) is 29.3 Å². The zero-order valence-corrected chi connectivity index (χ0v) is 12.8. The second kappa shape index (κ2) is 6.56. The summed E-state index contributed by atoms with van der Waals surface area (Å²) in [5.41, 5.74) is 0.805. The third-order valence-corrected chi connectivity index (χ3v) is 4.21. The van der Waals surface area contributed by atoms with Crippen LogP contribution in [0.25, 0.3) is 11.4 Å². The number of hydrogen-bond acceptors (Lipinski definition) is 5. The van der Waals surface area contributed by atoms with Gasteiger partial charge in [-0.05, 0) is 31.6 Å². The Bertz CT molecular complexity index is 595. The first kappa shape index (κ1) is 14.5. The zero-order valence-electron chi connectivity index (χ0n) is 12.1. The van der Waals surface area contributed by atoms with Gasteiger partial charge in [0.05, 0.1) is 11.6 Å². The molecular formula is C15H19ClN4O. The molecule has 0 amide bonds. The summed E-state index contributed by atoms with van der Waals surface area (Å²) in [5.74, 6) is 1.19. The minimum Gasteiger partial charge on any atom is -0.338 e. The van der Waals surface area contributed by atoms with Crippen molar-refractivity contribution < 1.29 is 4.52 Å². The molecule has 1 aromatic heterocycles. The molecule has 1 fully saturated rings. The average molecular weight is 307 g/mol. The lowest BCUT2D eigenvalue weighted by molar-refractivity contribution is 0.183. The van der Waals surface area contributed by atoms with Crippen molar-refractivity contribution in [3.63, 3.8) is 0 Å². The van der Waals surface area contributed by atoms with Crippen LogP contribution in [0.1, 0.15) is 19.2 Å². The average Bonchev–Trinajstić information content (AvgIpc) is 3.17. The largest absolute Gasteiger partial charge is 0.338 e. The molecule has 0 saturated carbocycles. The highest BCUT2D eigenvalue weighted by molar-refractivity contribution is 6.33. The molecule has 2 heterocycles. The van der Waals surface area contributed by atoms with Crippen LogP contribution in [0.5, 0.6) is 0 Å². The highest BCUT2D eigenvalue weighted by Gasteiger charge is 2.23. The van der Waals surface area contributed by atoms with E-state index in [1.54, 1.807) is 0 Å². The highest BCUT2D eigenvalue weighted by Crippen LogP contribution is 2.25. The van der Waals surface area contributed by atoms with Crippen LogP contribution in [-0.4, -0.2) is 40.7 Å². The Balaban J connectivity index is 1.74. The topological polar surface area (TPSA) is 54.2 Å². The smallest absolute Gasteiger partial charge is 0.241 e. The van der Waals surface area contributed by atoms with E-state index in [1.807, 2.05) is 24.3 Å². The first-order valence-corrected chi connectivity index (χ1v) is 7.68. The lowest BCUT2D eigenvalue weighted by Gasteiger charge is -2.24. The minimum atomic E-state index is 0.547. The van der Waals surface area contributed by atoms with Crippen LogP contribution in [0.2, 0.25) is 5.02 Å². The van der Waals surface area contributed by atoms with E-state index in [9.17, 15) is 0 Å². The standard InChI is InChI=1S/C15H19ClN4O/c1-2-20(11-7-8-17-9-11)10-14-18-15(19-21-14)12-5-3-4-6-13(12)16/h3-6,11,17H,2,7-10H2,1H3. The summed E-state index contributed by atoms with van der Waals surface area (Å²) in [7, 11) is 0. The minimum absolute atomic E-state index is 0.547. The number of likely N-dealkylation sites (N-methyl/N-ethyl adjacent to an activating group) is 1. The van der Waals surface area contributed by atoms with Crippen LogP contribution in [0, 0.1) is 0 Å². The maximum Gasteiger partial charge on any atom is 0.241 e. The van der Waals surface area contributed by atoms with Gasteiger partial charge in [-0.3, -0.25) is 4.90 Å². The molecule has 0 bridgehead atoms. The summed E-state index contributed by atoms with van der Waals surface area (Å²) < 4.78 is 5.38. The van der Waals surface area contributed by atoms with Gasteiger partial charge in [-0.25, -0.2) is 0 Å². The molecule has 0 spiro atoms.